The third-order valence-electron chi connectivity index (χ3n) is 14.0. The molecule has 0 fully saturated rings. The Bertz CT molecular complexity index is 2850. The van der Waals surface area contributed by atoms with Gasteiger partial charge in [-0.1, -0.05) is 90.8 Å². The summed E-state index contributed by atoms with van der Waals surface area (Å²) < 4.78 is 0. The van der Waals surface area contributed by atoms with E-state index in [0.29, 0.717) is 23.1 Å². The first kappa shape index (κ1) is 70.9. The number of carbonyl (C=O) groups excluding carboxylic acids is 9. The van der Waals surface area contributed by atoms with E-state index in [-0.39, 0.29) is 61.2 Å². The van der Waals surface area contributed by atoms with Crippen LogP contribution < -0.4 is 54.0 Å². The van der Waals surface area contributed by atoms with Gasteiger partial charge in [-0.25, -0.2) is 4.79 Å². The molecule has 11 atom stereocenters. The summed E-state index contributed by atoms with van der Waals surface area (Å²) in [6.45, 7) is 10.1. The minimum Gasteiger partial charge on any atom is -0.508 e. The first-order valence-electron chi connectivity index (χ1n) is 27.9. The molecule has 86 heavy (non-hydrogen) atoms. The molecular formula is C58H80N10O18. The second kappa shape index (κ2) is 34.4. The summed E-state index contributed by atoms with van der Waals surface area (Å²) in [5.41, 5.74) is 12.7. The van der Waals surface area contributed by atoms with Crippen molar-refractivity contribution in [1.29, 1.82) is 0 Å². The number of amides is 9. The van der Waals surface area contributed by atoms with Gasteiger partial charge in [-0.2, -0.15) is 0 Å². The van der Waals surface area contributed by atoms with E-state index in [1.165, 1.54) is 72.8 Å². The second-order valence-electron chi connectivity index (χ2n) is 21.5. The molecule has 0 spiro atoms. The van der Waals surface area contributed by atoms with Crippen LogP contribution in [0.25, 0.3) is 0 Å². The zero-order chi connectivity index (χ0) is 64.5. The molecule has 9 amide bonds. The predicted octanol–water partition coefficient (Wildman–Crippen LogP) is -0.525. The maximum Gasteiger partial charge on any atom is 0.326 e. The predicted molar refractivity (Wildman–Crippen MR) is 308 cm³/mol. The molecule has 18 N–H and O–H groups in total. The lowest BCUT2D eigenvalue weighted by Gasteiger charge is -2.30. The van der Waals surface area contributed by atoms with Crippen molar-refractivity contribution in [1.82, 2.24) is 42.5 Å². The van der Waals surface area contributed by atoms with Gasteiger partial charge in [0.2, 0.25) is 53.2 Å². The number of primary amides is 1. The highest BCUT2D eigenvalue weighted by atomic mass is 16.4. The SMILES string of the molecule is CC[C@H](C)[C@H](N)C(=O)N[C@@H](Cc1ccc(O)cc1)C(=O)N[C@@H](CC(N)=O)C(=O)N[C@@H](CCC(=O)O)C(=O)N[C@@H](Cc1ccc(O)cc1)C(=O)N[C@H](C(=O)N[C@@H](Cc1ccc(O)cc1)C(=O)N[C@@H](CC(=O)O)C(=O)N[C@@H](CC(C)C)C(=O)O)[C@@H](C)CC. The zero-order valence-electron chi connectivity index (χ0n) is 48.7. The van der Waals surface area contributed by atoms with E-state index in [1.807, 2.05) is 0 Å². The second-order valence-corrected chi connectivity index (χ2v) is 21.5. The van der Waals surface area contributed by atoms with Crippen LogP contribution in [0.3, 0.4) is 0 Å². The molecule has 0 unspecified atom stereocenters. The van der Waals surface area contributed by atoms with Crippen LogP contribution in [0.2, 0.25) is 0 Å². The van der Waals surface area contributed by atoms with Gasteiger partial charge in [-0.3, -0.25) is 52.7 Å². The van der Waals surface area contributed by atoms with Crippen LogP contribution in [0.15, 0.2) is 72.8 Å². The van der Waals surface area contributed by atoms with Crippen molar-refractivity contribution >= 4 is 71.1 Å². The molecular weight excluding hydrogens is 1120 g/mol. The van der Waals surface area contributed by atoms with Crippen LogP contribution in [0.5, 0.6) is 17.2 Å². The Kier molecular flexibility index (Phi) is 28.4. The Balaban J connectivity index is 2.04. The van der Waals surface area contributed by atoms with Gasteiger partial charge >= 0.3 is 17.9 Å². The largest absolute Gasteiger partial charge is 0.508 e. The average Bonchev–Trinajstić information content (AvgIpc) is 2.49. The highest BCUT2D eigenvalue weighted by Crippen LogP contribution is 2.18. The summed E-state index contributed by atoms with van der Waals surface area (Å²) in [7, 11) is 0. The number of hydrogen-bond acceptors (Lipinski definition) is 16. The number of aliphatic carboxylic acids is 3. The van der Waals surface area contributed by atoms with Crippen LogP contribution in [0, 0.1) is 17.8 Å². The van der Waals surface area contributed by atoms with E-state index >= 15 is 0 Å². The fraction of sp³-hybridized carbons (Fsp3) is 0.483. The van der Waals surface area contributed by atoms with Crippen molar-refractivity contribution in [3.05, 3.63) is 89.5 Å². The number of phenols is 3. The number of carboxylic acids is 3. The minimum absolute atomic E-state index is 0.0523. The molecule has 0 saturated heterocycles. The van der Waals surface area contributed by atoms with Crippen molar-refractivity contribution in [2.75, 3.05) is 0 Å². The smallest absolute Gasteiger partial charge is 0.326 e. The number of benzene rings is 3. The lowest BCUT2D eigenvalue weighted by atomic mass is 9.96. The molecule has 28 heteroatoms. The van der Waals surface area contributed by atoms with Crippen LogP contribution in [-0.2, 0) is 76.8 Å². The summed E-state index contributed by atoms with van der Waals surface area (Å²) in [5, 5.41) is 78.6. The summed E-state index contributed by atoms with van der Waals surface area (Å²) in [6.07, 6.45) is -3.66. The van der Waals surface area contributed by atoms with E-state index in [0.717, 1.165) is 0 Å². The Hall–Kier alpha value is -9.34. The summed E-state index contributed by atoms with van der Waals surface area (Å²) >= 11 is 0. The molecule has 0 radical (unpaired) electrons. The number of aromatic hydroxyl groups is 3. The molecule has 28 nitrogen and oxygen atoms in total. The molecule has 0 heterocycles. The molecule has 0 aliphatic heterocycles. The molecule has 0 aliphatic rings. The number of nitrogens with two attached hydrogens (primary N) is 2. The third-order valence-corrected chi connectivity index (χ3v) is 14.0. The molecule has 0 aromatic heterocycles. The maximum absolute atomic E-state index is 14.7. The average molecular weight is 1210 g/mol. The van der Waals surface area contributed by atoms with Gasteiger partial charge in [-0.05, 0) is 83.7 Å². The highest BCUT2D eigenvalue weighted by Gasteiger charge is 2.38. The third kappa shape index (κ3) is 24.1. The Morgan fingerprint density at radius 3 is 1.13 bits per heavy atom. The standard InChI is InChI=1S/C58H80N10O18/c1-7-30(5)48(60)56(83)65-39(24-32-9-15-35(69)16-10-32)51(78)63-42(27-45(59)72)53(80)61-38(21-22-46(73)74)50(77)62-41(26-34-13-19-37(71)20-14-34)55(82)68-49(31(6)8-2)57(84)66-40(25-33-11-17-36(70)18-12-33)52(79)64-43(28-47(75)76)54(81)67-44(58(85)86)23-29(3)4/h9-20,29-31,38-44,48-49,69-71H,7-8,21-28,60H2,1-6H3,(H2,59,72)(H,61,80)(H,62,77)(H,63,78)(H,64,79)(H,65,83)(H,66,84)(H,67,81)(H,68,82)(H,73,74)(H,75,76)(H,85,86)/t30-,31-,38-,39-,40-,41-,42-,43-,44-,48-,49-/m0/s1. The molecule has 3 aromatic rings. The normalized spacial score (nSPS) is 14.9. The van der Waals surface area contributed by atoms with Crippen LogP contribution in [-0.4, -0.2) is 156 Å². The number of rotatable bonds is 36. The summed E-state index contributed by atoms with van der Waals surface area (Å²) in [4.78, 5) is 161. The number of carboxylic acid groups (broad SMARTS) is 3. The number of hydrogen-bond donors (Lipinski definition) is 16. The van der Waals surface area contributed by atoms with E-state index in [4.69, 9.17) is 11.5 Å². The topological polar surface area (TPSA) is 474 Å². The van der Waals surface area contributed by atoms with Crippen LogP contribution in [0.1, 0.15) is 103 Å². The fourth-order valence-electron chi connectivity index (χ4n) is 8.61. The van der Waals surface area contributed by atoms with Gasteiger partial charge in [-0.15, -0.1) is 0 Å². The van der Waals surface area contributed by atoms with E-state index in [2.05, 4.69) is 42.5 Å². The van der Waals surface area contributed by atoms with E-state index in [1.54, 1.807) is 41.5 Å². The molecule has 470 valence electrons. The zero-order valence-corrected chi connectivity index (χ0v) is 48.7. The molecule has 0 bridgehead atoms. The van der Waals surface area contributed by atoms with Crippen molar-refractivity contribution in [2.24, 2.45) is 29.2 Å². The lowest BCUT2D eigenvalue weighted by Crippen LogP contribution is -2.62. The van der Waals surface area contributed by atoms with Crippen molar-refractivity contribution < 1.29 is 88.2 Å². The van der Waals surface area contributed by atoms with Gasteiger partial charge in [0, 0.05) is 25.7 Å². The van der Waals surface area contributed by atoms with Crippen molar-refractivity contribution in [3.63, 3.8) is 0 Å². The Morgan fingerprint density at radius 1 is 0.419 bits per heavy atom. The van der Waals surface area contributed by atoms with Crippen molar-refractivity contribution in [3.8, 4) is 17.2 Å². The van der Waals surface area contributed by atoms with Gasteiger partial charge in [0.05, 0.1) is 18.9 Å². The summed E-state index contributed by atoms with van der Waals surface area (Å²) in [6, 6.07) is 1.80. The Labute approximate surface area is 496 Å². The molecule has 3 aromatic carbocycles. The first-order valence-corrected chi connectivity index (χ1v) is 27.9. The lowest BCUT2D eigenvalue weighted by molar-refractivity contribution is -0.144. The Morgan fingerprint density at radius 2 is 0.756 bits per heavy atom. The van der Waals surface area contributed by atoms with E-state index in [9.17, 15) is 88.2 Å². The van der Waals surface area contributed by atoms with Crippen LogP contribution in [0.4, 0.5) is 0 Å². The number of carbonyl (C=O) groups is 12. The van der Waals surface area contributed by atoms with Gasteiger partial charge < -0.3 is 84.6 Å². The van der Waals surface area contributed by atoms with Gasteiger partial charge in [0.1, 0.15) is 65.6 Å². The quantitative estimate of drug-likeness (QED) is 0.0348. The van der Waals surface area contributed by atoms with E-state index < -0.39 is 157 Å². The van der Waals surface area contributed by atoms with Gasteiger partial charge in [0.15, 0.2) is 0 Å². The molecule has 0 aliphatic carbocycles. The minimum atomic E-state index is -1.87. The van der Waals surface area contributed by atoms with Crippen LogP contribution >= 0.6 is 0 Å². The van der Waals surface area contributed by atoms with Gasteiger partial charge in [0.25, 0.3) is 0 Å². The number of phenolic OH excluding ortho intramolecular Hbond substituents is 3. The summed E-state index contributed by atoms with van der Waals surface area (Å²) in [5.74, 6) is -15.8. The highest BCUT2D eigenvalue weighted by molar-refractivity contribution is 5.99. The maximum atomic E-state index is 14.7. The monoisotopic (exact) mass is 1200 g/mol. The molecule has 3 rings (SSSR count). The molecule has 0 saturated carbocycles. The first-order chi connectivity index (χ1) is 40.4. The van der Waals surface area contributed by atoms with Crippen molar-refractivity contribution in [2.45, 2.75) is 160 Å². The number of nitrogens with one attached hydrogen (secondary N) is 8. The fourth-order valence-corrected chi connectivity index (χ4v) is 8.61.